The predicted molar refractivity (Wildman–Crippen MR) is 167 cm³/mol. The Balaban J connectivity index is 1.39. The van der Waals surface area contributed by atoms with Crippen molar-refractivity contribution in [3.8, 4) is 22.3 Å². The molecule has 7 rings (SSSR count). The minimum atomic E-state index is 1.13. The van der Waals surface area contributed by atoms with Gasteiger partial charge in [0.1, 0.15) is 0 Å². The molecule has 0 saturated carbocycles. The van der Waals surface area contributed by atoms with Crippen molar-refractivity contribution < 1.29 is 0 Å². The molecule has 1 heteroatoms. The maximum atomic E-state index is 2.35. The molecule has 7 aromatic rings. The van der Waals surface area contributed by atoms with Gasteiger partial charge in [-0.05, 0) is 92.3 Å². The molecule has 0 aliphatic heterocycles. The summed E-state index contributed by atoms with van der Waals surface area (Å²) in [5.41, 5.74) is 8.35. The van der Waals surface area contributed by atoms with Crippen molar-refractivity contribution in [3.63, 3.8) is 0 Å². The Hall–Kier alpha value is -5.14. The third-order valence-corrected chi connectivity index (χ3v) is 7.43. The van der Waals surface area contributed by atoms with E-state index in [1.807, 2.05) is 0 Å². The molecule has 184 valence electrons. The number of hydrogen-bond donors (Lipinski definition) is 0. The molecule has 1 nitrogen and oxygen atoms in total. The highest BCUT2D eigenvalue weighted by atomic mass is 15.1. The lowest BCUT2D eigenvalue weighted by Crippen LogP contribution is -2.09. The molecule has 0 radical (unpaired) electrons. The lowest BCUT2D eigenvalue weighted by atomic mass is 9.89. The Morgan fingerprint density at radius 3 is 1.44 bits per heavy atom. The van der Waals surface area contributed by atoms with Gasteiger partial charge in [-0.3, -0.25) is 0 Å². The first kappa shape index (κ1) is 23.0. The van der Waals surface area contributed by atoms with Crippen molar-refractivity contribution in [2.24, 2.45) is 0 Å². The van der Waals surface area contributed by atoms with Gasteiger partial charge in [0.15, 0.2) is 0 Å². The Kier molecular flexibility index (Phi) is 5.88. The Morgan fingerprint density at radius 2 is 0.795 bits per heavy atom. The standard InChI is InChI=1S/C38H27N/c1-3-16-32(17-4-1)39(33-18-5-2-6-19-33)34-24-22-29(23-25-34)37-26-30-13-7-8-14-31(30)27-38(37)36-21-11-15-28-12-9-10-20-35(28)36/h1-27H. The number of para-hydroxylation sites is 2. The Bertz CT molecular complexity index is 1840. The first-order chi connectivity index (χ1) is 19.3. The fourth-order valence-electron chi connectivity index (χ4n) is 5.55. The number of rotatable bonds is 5. The SMILES string of the molecule is c1ccc(N(c2ccccc2)c2ccc(-c3cc4ccccc4cc3-c3cccc4ccccc34)cc2)cc1. The highest BCUT2D eigenvalue weighted by Crippen LogP contribution is 2.40. The van der Waals surface area contributed by atoms with Gasteiger partial charge < -0.3 is 4.90 Å². The average molecular weight is 498 g/mol. The zero-order chi connectivity index (χ0) is 26.0. The molecule has 0 spiro atoms. The Morgan fingerprint density at radius 1 is 0.308 bits per heavy atom. The fraction of sp³-hybridized carbons (Fsp3) is 0. The molecular formula is C38H27N. The second kappa shape index (κ2) is 9.96. The summed E-state index contributed by atoms with van der Waals surface area (Å²) in [5.74, 6) is 0. The maximum absolute atomic E-state index is 2.35. The summed E-state index contributed by atoms with van der Waals surface area (Å²) < 4.78 is 0. The lowest BCUT2D eigenvalue weighted by Gasteiger charge is -2.25. The normalized spacial score (nSPS) is 11.1. The molecule has 0 heterocycles. The minimum absolute atomic E-state index is 1.13. The first-order valence-corrected chi connectivity index (χ1v) is 13.4. The zero-order valence-electron chi connectivity index (χ0n) is 21.5. The van der Waals surface area contributed by atoms with Crippen molar-refractivity contribution in [1.82, 2.24) is 0 Å². The van der Waals surface area contributed by atoms with Crippen molar-refractivity contribution >= 4 is 38.6 Å². The van der Waals surface area contributed by atoms with E-state index in [1.165, 1.54) is 43.8 Å². The monoisotopic (exact) mass is 497 g/mol. The summed E-state index contributed by atoms with van der Waals surface area (Å²) in [6.45, 7) is 0. The smallest absolute Gasteiger partial charge is 0.0462 e. The minimum Gasteiger partial charge on any atom is -0.311 e. The molecule has 0 saturated heterocycles. The van der Waals surface area contributed by atoms with Crippen molar-refractivity contribution in [2.75, 3.05) is 4.90 Å². The molecule has 0 aliphatic carbocycles. The van der Waals surface area contributed by atoms with Crippen LogP contribution in [0.1, 0.15) is 0 Å². The van der Waals surface area contributed by atoms with E-state index in [1.54, 1.807) is 0 Å². The quantitative estimate of drug-likeness (QED) is 0.229. The van der Waals surface area contributed by atoms with Crippen LogP contribution in [0.15, 0.2) is 164 Å². The number of anilines is 3. The Labute approximate surface area is 229 Å². The van der Waals surface area contributed by atoms with Gasteiger partial charge in [0, 0.05) is 17.1 Å². The van der Waals surface area contributed by atoms with Crippen LogP contribution in [0.25, 0.3) is 43.8 Å². The van der Waals surface area contributed by atoms with Crippen LogP contribution in [0.4, 0.5) is 17.1 Å². The van der Waals surface area contributed by atoms with Gasteiger partial charge in [-0.25, -0.2) is 0 Å². The van der Waals surface area contributed by atoms with Gasteiger partial charge in [0.05, 0.1) is 0 Å². The van der Waals surface area contributed by atoms with E-state index in [2.05, 4.69) is 169 Å². The molecule has 0 unspecified atom stereocenters. The van der Waals surface area contributed by atoms with Crippen LogP contribution in [0.2, 0.25) is 0 Å². The maximum Gasteiger partial charge on any atom is 0.0462 e. The predicted octanol–water partition coefficient (Wildman–Crippen LogP) is 10.8. The number of nitrogens with zero attached hydrogens (tertiary/aromatic N) is 1. The largest absolute Gasteiger partial charge is 0.311 e. The van der Waals surface area contributed by atoms with Crippen LogP contribution in [-0.4, -0.2) is 0 Å². The van der Waals surface area contributed by atoms with Gasteiger partial charge in [-0.1, -0.05) is 115 Å². The van der Waals surface area contributed by atoms with Gasteiger partial charge in [-0.15, -0.1) is 0 Å². The summed E-state index contributed by atoms with van der Waals surface area (Å²) in [6, 6.07) is 58.7. The van der Waals surface area contributed by atoms with Crippen molar-refractivity contribution in [1.29, 1.82) is 0 Å². The average Bonchev–Trinajstić information content (AvgIpc) is 3.02. The molecule has 0 aromatic heterocycles. The molecule has 7 aromatic carbocycles. The van der Waals surface area contributed by atoms with Gasteiger partial charge >= 0.3 is 0 Å². The summed E-state index contributed by atoms with van der Waals surface area (Å²) in [7, 11) is 0. The molecule has 0 amide bonds. The highest BCUT2D eigenvalue weighted by Gasteiger charge is 2.15. The third-order valence-electron chi connectivity index (χ3n) is 7.43. The zero-order valence-corrected chi connectivity index (χ0v) is 21.5. The van der Waals surface area contributed by atoms with E-state index in [0.717, 1.165) is 17.1 Å². The van der Waals surface area contributed by atoms with Crippen LogP contribution in [-0.2, 0) is 0 Å². The van der Waals surface area contributed by atoms with Crippen LogP contribution >= 0.6 is 0 Å². The van der Waals surface area contributed by atoms with Crippen LogP contribution in [0.5, 0.6) is 0 Å². The third kappa shape index (κ3) is 4.35. The topological polar surface area (TPSA) is 3.24 Å². The van der Waals surface area contributed by atoms with Gasteiger partial charge in [0.25, 0.3) is 0 Å². The van der Waals surface area contributed by atoms with Gasteiger partial charge in [0.2, 0.25) is 0 Å². The second-order valence-electron chi connectivity index (χ2n) is 9.83. The second-order valence-corrected chi connectivity index (χ2v) is 9.83. The number of fused-ring (bicyclic) bond motifs is 2. The fourth-order valence-corrected chi connectivity index (χ4v) is 5.55. The molecule has 0 aliphatic rings. The van der Waals surface area contributed by atoms with Crippen LogP contribution in [0, 0.1) is 0 Å². The summed E-state index contributed by atoms with van der Waals surface area (Å²) in [4.78, 5) is 2.30. The van der Waals surface area contributed by atoms with E-state index >= 15 is 0 Å². The molecular weight excluding hydrogens is 470 g/mol. The van der Waals surface area contributed by atoms with E-state index < -0.39 is 0 Å². The number of benzene rings is 7. The summed E-state index contributed by atoms with van der Waals surface area (Å²) in [6.07, 6.45) is 0. The lowest BCUT2D eigenvalue weighted by molar-refractivity contribution is 1.28. The molecule has 0 fully saturated rings. The van der Waals surface area contributed by atoms with Crippen molar-refractivity contribution in [2.45, 2.75) is 0 Å². The molecule has 39 heavy (non-hydrogen) atoms. The van der Waals surface area contributed by atoms with E-state index in [0.29, 0.717) is 0 Å². The molecule has 0 bridgehead atoms. The number of hydrogen-bond acceptors (Lipinski definition) is 1. The summed E-state index contributed by atoms with van der Waals surface area (Å²) in [5, 5.41) is 5.02. The first-order valence-electron chi connectivity index (χ1n) is 13.4. The highest BCUT2D eigenvalue weighted by molar-refractivity contribution is 6.04. The van der Waals surface area contributed by atoms with Crippen LogP contribution < -0.4 is 4.90 Å². The van der Waals surface area contributed by atoms with Gasteiger partial charge in [-0.2, -0.15) is 0 Å². The molecule has 0 N–H and O–H groups in total. The van der Waals surface area contributed by atoms with E-state index in [4.69, 9.17) is 0 Å². The van der Waals surface area contributed by atoms with E-state index in [9.17, 15) is 0 Å². The van der Waals surface area contributed by atoms with E-state index in [-0.39, 0.29) is 0 Å². The van der Waals surface area contributed by atoms with Crippen molar-refractivity contribution in [3.05, 3.63) is 164 Å². The van der Waals surface area contributed by atoms with Crippen LogP contribution in [0.3, 0.4) is 0 Å². The molecule has 0 atom stereocenters. The summed E-state index contributed by atoms with van der Waals surface area (Å²) >= 11 is 0.